The lowest BCUT2D eigenvalue weighted by atomic mass is 10.1. The van der Waals surface area contributed by atoms with Crippen molar-refractivity contribution in [3.8, 4) is 5.75 Å². The fraction of sp³-hybridized carbons (Fsp3) is 0.400. The zero-order valence-electron chi connectivity index (χ0n) is 8.87. The molecule has 0 bridgehead atoms. The second-order valence-electron chi connectivity index (χ2n) is 3.42. The van der Waals surface area contributed by atoms with Gasteiger partial charge in [-0.15, -0.1) is 0 Å². The molecule has 0 heterocycles. The normalized spacial score (nSPS) is 11.4. The molecule has 1 rings (SSSR count). The van der Waals surface area contributed by atoms with Gasteiger partial charge in [-0.25, -0.2) is 0 Å². The van der Waals surface area contributed by atoms with Crippen molar-refractivity contribution >= 4 is 7.60 Å². The molecule has 0 atom stereocenters. The first-order valence-electron chi connectivity index (χ1n) is 4.97. The van der Waals surface area contributed by atoms with Crippen LogP contribution in [-0.2, 0) is 11.0 Å². The second-order valence-corrected chi connectivity index (χ2v) is 5.20. The van der Waals surface area contributed by atoms with E-state index in [9.17, 15) is 4.57 Å². The second kappa shape index (κ2) is 6.01. The molecule has 0 spiro atoms. The number of nitrogens with two attached hydrogens (primary N) is 1. The van der Waals surface area contributed by atoms with E-state index in [2.05, 4.69) is 0 Å². The van der Waals surface area contributed by atoms with Crippen LogP contribution in [-0.4, -0.2) is 29.1 Å². The highest BCUT2D eigenvalue weighted by Crippen LogP contribution is 2.33. The van der Waals surface area contributed by atoms with Crippen LogP contribution >= 0.6 is 7.60 Å². The molecule has 16 heavy (non-hydrogen) atoms. The molecule has 0 saturated carbocycles. The number of benzene rings is 1. The Kier molecular flexibility index (Phi) is 4.96. The molecule has 0 aliphatic rings. The number of ether oxygens (including phenoxy) is 1. The predicted octanol–water partition coefficient (Wildman–Crippen LogP) is 0.744. The van der Waals surface area contributed by atoms with Gasteiger partial charge in [0.1, 0.15) is 5.75 Å². The van der Waals surface area contributed by atoms with Crippen LogP contribution in [0.5, 0.6) is 5.75 Å². The van der Waals surface area contributed by atoms with E-state index in [4.69, 9.17) is 20.3 Å². The van der Waals surface area contributed by atoms with E-state index in [1.54, 1.807) is 6.07 Å². The minimum Gasteiger partial charge on any atom is -0.493 e. The first kappa shape index (κ1) is 13.2. The molecule has 0 aromatic heterocycles. The van der Waals surface area contributed by atoms with Crippen LogP contribution in [0.2, 0.25) is 0 Å². The van der Waals surface area contributed by atoms with E-state index in [1.165, 1.54) is 0 Å². The summed E-state index contributed by atoms with van der Waals surface area (Å²) in [5.41, 5.74) is 6.48. The van der Waals surface area contributed by atoms with Gasteiger partial charge in [0.2, 0.25) is 0 Å². The van der Waals surface area contributed by atoms with Crippen molar-refractivity contribution in [3.63, 3.8) is 0 Å². The zero-order valence-corrected chi connectivity index (χ0v) is 9.77. The fourth-order valence-corrected chi connectivity index (χ4v) is 1.57. The van der Waals surface area contributed by atoms with Gasteiger partial charge in [0, 0.05) is 0 Å². The highest BCUT2D eigenvalue weighted by molar-refractivity contribution is 7.51. The Hall–Kier alpha value is -0.870. The van der Waals surface area contributed by atoms with Gasteiger partial charge >= 0.3 is 7.60 Å². The molecule has 1 aromatic rings. The lowest BCUT2D eigenvalue weighted by Gasteiger charge is -2.08. The lowest BCUT2D eigenvalue weighted by molar-refractivity contribution is 0.316. The third-order valence-corrected chi connectivity index (χ3v) is 2.75. The summed E-state index contributed by atoms with van der Waals surface area (Å²) in [4.78, 5) is 17.3. The monoisotopic (exact) mass is 245 g/mol. The van der Waals surface area contributed by atoms with Crippen LogP contribution in [0.15, 0.2) is 24.3 Å². The van der Waals surface area contributed by atoms with Crippen molar-refractivity contribution in [2.24, 2.45) is 5.73 Å². The molecule has 1 aromatic carbocycles. The quantitative estimate of drug-likeness (QED) is 0.643. The molecule has 0 fully saturated rings. The summed E-state index contributed by atoms with van der Waals surface area (Å²) in [5, 5.41) is 0. The highest BCUT2D eigenvalue weighted by Gasteiger charge is 2.12. The van der Waals surface area contributed by atoms with Crippen LogP contribution in [0, 0.1) is 0 Å². The summed E-state index contributed by atoms with van der Waals surface area (Å²) in [5.74, 6) is 0.611. The van der Waals surface area contributed by atoms with Gasteiger partial charge in [-0.2, -0.15) is 0 Å². The van der Waals surface area contributed by atoms with Gasteiger partial charge in [0.25, 0.3) is 0 Å². The fourth-order valence-electron chi connectivity index (χ4n) is 1.24. The van der Waals surface area contributed by atoms with Gasteiger partial charge in [0.05, 0.1) is 12.8 Å². The van der Waals surface area contributed by atoms with E-state index < -0.39 is 7.60 Å². The summed E-state index contributed by atoms with van der Waals surface area (Å²) in [7, 11) is -3.97. The minimum absolute atomic E-state index is 0.0103. The van der Waals surface area contributed by atoms with E-state index in [0.29, 0.717) is 12.3 Å². The third kappa shape index (κ3) is 5.28. The summed E-state index contributed by atoms with van der Waals surface area (Å²) in [6, 6.07) is 7.34. The summed E-state index contributed by atoms with van der Waals surface area (Å²) < 4.78 is 15.8. The molecule has 4 N–H and O–H groups in total. The Balaban J connectivity index is 2.47. The Morgan fingerprint density at radius 1 is 1.38 bits per heavy atom. The van der Waals surface area contributed by atoms with Gasteiger partial charge < -0.3 is 20.3 Å². The first-order valence-corrected chi connectivity index (χ1v) is 6.77. The van der Waals surface area contributed by atoms with Crippen molar-refractivity contribution in [2.75, 3.05) is 19.3 Å². The molecular weight excluding hydrogens is 229 g/mol. The van der Waals surface area contributed by atoms with Crippen molar-refractivity contribution in [1.29, 1.82) is 0 Å². The summed E-state index contributed by atoms with van der Waals surface area (Å²) in [6.45, 7) is 0.572. The third-order valence-electron chi connectivity index (χ3n) is 1.98. The molecule has 5 nitrogen and oxygen atoms in total. The van der Waals surface area contributed by atoms with Gasteiger partial charge in [-0.1, -0.05) is 12.1 Å². The maximum absolute atomic E-state index is 10.6. The summed E-state index contributed by atoms with van der Waals surface area (Å²) in [6.07, 6.45) is 0.490. The Labute approximate surface area is 94.4 Å². The number of hydrogen-bond acceptors (Lipinski definition) is 3. The molecule has 0 amide bonds. The Morgan fingerprint density at radius 3 is 2.75 bits per heavy atom. The van der Waals surface area contributed by atoms with Crippen molar-refractivity contribution in [1.82, 2.24) is 0 Å². The minimum atomic E-state index is -3.97. The highest BCUT2D eigenvalue weighted by atomic mass is 31.2. The average Bonchev–Trinajstić information content (AvgIpc) is 2.17. The van der Waals surface area contributed by atoms with E-state index in [1.807, 2.05) is 18.2 Å². The standard InChI is InChI=1S/C10H16NO4P/c11-5-4-9-2-1-3-10(8-9)15-6-7-16(12,13)14/h1-3,8H,4-7,11H2,(H2,12,13,14). The van der Waals surface area contributed by atoms with E-state index >= 15 is 0 Å². The van der Waals surface area contributed by atoms with Gasteiger partial charge in [-0.3, -0.25) is 4.57 Å². The molecule has 90 valence electrons. The van der Waals surface area contributed by atoms with Gasteiger partial charge in [-0.05, 0) is 30.7 Å². The van der Waals surface area contributed by atoms with Crippen LogP contribution in [0.4, 0.5) is 0 Å². The number of rotatable bonds is 6. The molecule has 0 aliphatic heterocycles. The van der Waals surface area contributed by atoms with Crippen molar-refractivity contribution in [3.05, 3.63) is 29.8 Å². The average molecular weight is 245 g/mol. The zero-order chi connectivity index (χ0) is 12.0. The van der Waals surface area contributed by atoms with Crippen molar-refractivity contribution < 1.29 is 19.1 Å². The maximum atomic E-state index is 10.6. The van der Waals surface area contributed by atoms with Crippen LogP contribution in [0.1, 0.15) is 5.56 Å². The van der Waals surface area contributed by atoms with Gasteiger partial charge in [0.15, 0.2) is 0 Å². The SMILES string of the molecule is NCCc1cccc(OCCP(=O)(O)O)c1. The van der Waals surface area contributed by atoms with Crippen molar-refractivity contribution in [2.45, 2.75) is 6.42 Å². The maximum Gasteiger partial charge on any atom is 0.328 e. The topological polar surface area (TPSA) is 92.8 Å². The predicted molar refractivity (Wildman–Crippen MR) is 61.6 cm³/mol. The summed E-state index contributed by atoms with van der Waals surface area (Å²) >= 11 is 0. The molecular formula is C10H16NO4P. The first-order chi connectivity index (χ1) is 7.51. The van der Waals surface area contributed by atoms with Crippen LogP contribution in [0.3, 0.4) is 0 Å². The Bertz CT molecular complexity index is 377. The Morgan fingerprint density at radius 2 is 2.12 bits per heavy atom. The molecule has 0 radical (unpaired) electrons. The smallest absolute Gasteiger partial charge is 0.328 e. The van der Waals surface area contributed by atoms with Crippen LogP contribution in [0.25, 0.3) is 0 Å². The van der Waals surface area contributed by atoms with E-state index in [0.717, 1.165) is 12.0 Å². The molecule has 0 saturated heterocycles. The molecule has 0 aliphatic carbocycles. The van der Waals surface area contributed by atoms with E-state index in [-0.39, 0.29) is 12.8 Å². The number of hydrogen-bond donors (Lipinski definition) is 3. The lowest BCUT2D eigenvalue weighted by Crippen LogP contribution is -2.05. The molecule has 0 unspecified atom stereocenters. The molecule has 6 heteroatoms. The van der Waals surface area contributed by atoms with Crippen LogP contribution < -0.4 is 10.5 Å². The largest absolute Gasteiger partial charge is 0.493 e.